The molecular formula is C17H21Cl3N2O3S. The maximum absolute atomic E-state index is 12.2. The van der Waals surface area contributed by atoms with Gasteiger partial charge in [0.15, 0.2) is 0 Å². The predicted molar refractivity (Wildman–Crippen MR) is 108 cm³/mol. The Kier molecular flexibility index (Phi) is 7.64. The van der Waals surface area contributed by atoms with Crippen LogP contribution >= 0.6 is 34.8 Å². The third kappa shape index (κ3) is 6.05. The van der Waals surface area contributed by atoms with Crippen LogP contribution in [-0.4, -0.2) is 33.7 Å². The van der Waals surface area contributed by atoms with Gasteiger partial charge in [0.1, 0.15) is 6.54 Å². The second-order valence-corrected chi connectivity index (χ2v) is 9.32. The number of amides is 1. The summed E-state index contributed by atoms with van der Waals surface area (Å²) in [6.45, 7) is 0.0902. The molecule has 0 bridgehead atoms. The van der Waals surface area contributed by atoms with Crippen LogP contribution in [0, 0.1) is 0 Å². The Labute approximate surface area is 169 Å². The van der Waals surface area contributed by atoms with Gasteiger partial charge in [-0.3, -0.25) is 9.10 Å². The van der Waals surface area contributed by atoms with Crippen molar-refractivity contribution in [3.63, 3.8) is 0 Å². The molecule has 1 aromatic carbocycles. The number of hydrogen-bond acceptors (Lipinski definition) is 3. The molecule has 144 valence electrons. The van der Waals surface area contributed by atoms with E-state index in [1.54, 1.807) is 0 Å². The summed E-state index contributed by atoms with van der Waals surface area (Å²) >= 11 is 18.0. The topological polar surface area (TPSA) is 66.5 Å². The Morgan fingerprint density at radius 3 is 2.46 bits per heavy atom. The van der Waals surface area contributed by atoms with Crippen LogP contribution in [0.5, 0.6) is 0 Å². The molecule has 1 aliphatic carbocycles. The molecule has 1 amide bonds. The summed E-state index contributed by atoms with van der Waals surface area (Å²) in [5.41, 5.74) is 1.46. The zero-order chi connectivity index (χ0) is 19.3. The molecule has 2 rings (SSSR count). The number of sulfonamides is 1. The first-order valence-electron chi connectivity index (χ1n) is 8.25. The number of halogens is 3. The summed E-state index contributed by atoms with van der Waals surface area (Å²) in [7, 11) is -3.74. The van der Waals surface area contributed by atoms with Crippen LogP contribution in [0.3, 0.4) is 0 Å². The van der Waals surface area contributed by atoms with Gasteiger partial charge in [-0.15, -0.1) is 0 Å². The first-order valence-corrected chi connectivity index (χ1v) is 11.2. The first kappa shape index (κ1) is 21.4. The molecule has 0 radical (unpaired) electrons. The van der Waals surface area contributed by atoms with Gasteiger partial charge in [-0.2, -0.15) is 0 Å². The summed E-state index contributed by atoms with van der Waals surface area (Å²) in [5, 5.41) is 3.23. The Balaban J connectivity index is 2.05. The lowest BCUT2D eigenvalue weighted by Gasteiger charge is -2.23. The normalized spacial score (nSPS) is 14.7. The van der Waals surface area contributed by atoms with Crippen molar-refractivity contribution in [2.75, 3.05) is 23.7 Å². The number of hydrogen-bond donors (Lipinski definition) is 1. The minimum absolute atomic E-state index is 0.102. The monoisotopic (exact) mass is 438 g/mol. The van der Waals surface area contributed by atoms with E-state index in [4.69, 9.17) is 34.8 Å². The standard InChI is InChI=1S/C17H21Cl3N2O3S/c1-26(24,25)22(16-10-14(19)13(18)9-15(16)20)11-17(23)21-8-7-12-5-3-2-4-6-12/h5,9-10H,2-4,6-8,11H2,1H3,(H,21,23). The molecule has 0 saturated heterocycles. The Morgan fingerprint density at radius 1 is 1.15 bits per heavy atom. The summed E-state index contributed by atoms with van der Waals surface area (Å²) in [5.74, 6) is -0.408. The largest absolute Gasteiger partial charge is 0.354 e. The van der Waals surface area contributed by atoms with Crippen LogP contribution in [0.25, 0.3) is 0 Å². The fraction of sp³-hybridized carbons (Fsp3) is 0.471. The molecule has 0 spiro atoms. The second kappa shape index (κ2) is 9.31. The molecule has 0 unspecified atom stereocenters. The van der Waals surface area contributed by atoms with Gasteiger partial charge < -0.3 is 5.32 Å². The van der Waals surface area contributed by atoms with E-state index >= 15 is 0 Å². The van der Waals surface area contributed by atoms with E-state index in [-0.39, 0.29) is 27.3 Å². The highest BCUT2D eigenvalue weighted by molar-refractivity contribution is 7.92. The van der Waals surface area contributed by atoms with Gasteiger partial charge in [0.25, 0.3) is 0 Å². The Morgan fingerprint density at radius 2 is 1.85 bits per heavy atom. The number of anilines is 1. The minimum atomic E-state index is -3.74. The van der Waals surface area contributed by atoms with Crippen molar-refractivity contribution < 1.29 is 13.2 Å². The van der Waals surface area contributed by atoms with Gasteiger partial charge in [0.05, 0.1) is 27.0 Å². The quantitative estimate of drug-likeness (QED) is 0.505. The smallest absolute Gasteiger partial charge is 0.240 e. The average molecular weight is 440 g/mol. The van der Waals surface area contributed by atoms with E-state index in [1.165, 1.54) is 30.5 Å². The maximum atomic E-state index is 12.2. The number of benzene rings is 1. The van der Waals surface area contributed by atoms with Crippen LogP contribution in [0.4, 0.5) is 5.69 Å². The Bertz CT molecular complexity index is 810. The average Bonchev–Trinajstić information content (AvgIpc) is 2.56. The van der Waals surface area contributed by atoms with Crippen LogP contribution in [0.15, 0.2) is 23.8 Å². The number of carbonyl (C=O) groups is 1. The van der Waals surface area contributed by atoms with Gasteiger partial charge in [0.2, 0.25) is 15.9 Å². The summed E-state index contributed by atoms with van der Waals surface area (Å²) in [6.07, 6.45) is 8.53. The summed E-state index contributed by atoms with van der Waals surface area (Å²) in [6, 6.07) is 2.69. The number of allylic oxidation sites excluding steroid dienone is 1. The highest BCUT2D eigenvalue weighted by atomic mass is 35.5. The van der Waals surface area contributed by atoms with Crippen LogP contribution in [-0.2, 0) is 14.8 Å². The lowest BCUT2D eigenvalue weighted by Crippen LogP contribution is -2.40. The Hall–Kier alpha value is -0.950. The lowest BCUT2D eigenvalue weighted by molar-refractivity contribution is -0.119. The van der Waals surface area contributed by atoms with Crippen LogP contribution < -0.4 is 9.62 Å². The lowest BCUT2D eigenvalue weighted by atomic mass is 9.97. The van der Waals surface area contributed by atoms with Crippen molar-refractivity contribution in [2.24, 2.45) is 0 Å². The molecule has 1 aromatic rings. The van der Waals surface area contributed by atoms with E-state index in [0.29, 0.717) is 6.54 Å². The molecular weight excluding hydrogens is 419 g/mol. The number of nitrogens with one attached hydrogen (secondary N) is 1. The van der Waals surface area contributed by atoms with Gasteiger partial charge in [0, 0.05) is 6.54 Å². The molecule has 0 atom stereocenters. The molecule has 1 N–H and O–H groups in total. The molecule has 26 heavy (non-hydrogen) atoms. The molecule has 9 heteroatoms. The second-order valence-electron chi connectivity index (χ2n) is 6.20. The third-order valence-electron chi connectivity index (χ3n) is 4.10. The molecule has 0 aromatic heterocycles. The molecule has 5 nitrogen and oxygen atoms in total. The molecule has 1 aliphatic rings. The molecule has 0 fully saturated rings. The number of rotatable bonds is 7. The van der Waals surface area contributed by atoms with E-state index in [9.17, 15) is 13.2 Å². The SMILES string of the molecule is CS(=O)(=O)N(CC(=O)NCCC1=CCCCC1)c1cc(Cl)c(Cl)cc1Cl. The van der Waals surface area contributed by atoms with Gasteiger partial charge in [-0.1, -0.05) is 46.5 Å². The van der Waals surface area contributed by atoms with E-state index in [1.807, 2.05) is 0 Å². The van der Waals surface area contributed by atoms with Crippen molar-refractivity contribution in [2.45, 2.75) is 32.1 Å². The minimum Gasteiger partial charge on any atom is -0.354 e. The summed E-state index contributed by atoms with van der Waals surface area (Å²) < 4.78 is 25.2. The number of nitrogens with zero attached hydrogens (tertiary/aromatic N) is 1. The molecule has 0 aliphatic heterocycles. The van der Waals surface area contributed by atoms with Gasteiger partial charge in [-0.25, -0.2) is 8.42 Å². The fourth-order valence-corrected chi connectivity index (χ4v) is 4.32. The van der Waals surface area contributed by atoms with Gasteiger partial charge >= 0.3 is 0 Å². The van der Waals surface area contributed by atoms with E-state index in [2.05, 4.69) is 11.4 Å². The van der Waals surface area contributed by atoms with Crippen molar-refractivity contribution >= 4 is 56.4 Å². The first-order chi connectivity index (χ1) is 12.2. The highest BCUT2D eigenvalue weighted by Gasteiger charge is 2.24. The summed E-state index contributed by atoms with van der Waals surface area (Å²) in [4.78, 5) is 12.2. The van der Waals surface area contributed by atoms with E-state index in [0.717, 1.165) is 29.8 Å². The molecule has 0 heterocycles. The van der Waals surface area contributed by atoms with Crippen molar-refractivity contribution in [3.05, 3.63) is 38.8 Å². The van der Waals surface area contributed by atoms with Gasteiger partial charge in [-0.05, 0) is 44.2 Å². The van der Waals surface area contributed by atoms with Crippen molar-refractivity contribution in [1.82, 2.24) is 5.32 Å². The maximum Gasteiger partial charge on any atom is 0.240 e. The zero-order valence-electron chi connectivity index (χ0n) is 14.4. The third-order valence-corrected chi connectivity index (χ3v) is 6.25. The van der Waals surface area contributed by atoms with Crippen LogP contribution in [0.1, 0.15) is 32.1 Å². The van der Waals surface area contributed by atoms with Crippen LogP contribution in [0.2, 0.25) is 15.1 Å². The van der Waals surface area contributed by atoms with E-state index < -0.39 is 15.9 Å². The van der Waals surface area contributed by atoms with Crippen molar-refractivity contribution in [3.8, 4) is 0 Å². The predicted octanol–water partition coefficient (Wildman–Crippen LogP) is 4.42. The zero-order valence-corrected chi connectivity index (χ0v) is 17.5. The molecule has 0 saturated carbocycles. The number of carbonyl (C=O) groups excluding carboxylic acids is 1. The highest BCUT2D eigenvalue weighted by Crippen LogP contribution is 2.35. The van der Waals surface area contributed by atoms with Crippen molar-refractivity contribution in [1.29, 1.82) is 0 Å². The fourth-order valence-electron chi connectivity index (χ4n) is 2.76.